The Hall–Kier alpha value is -2.63. The van der Waals surface area contributed by atoms with E-state index in [1.165, 1.54) is 19.3 Å². The zero-order valence-electron chi connectivity index (χ0n) is 14.1. The molecular formula is C18H21N5O. The second kappa shape index (κ2) is 6.11. The normalized spacial score (nSPS) is 15.0. The van der Waals surface area contributed by atoms with Crippen LogP contribution in [0.1, 0.15) is 25.0 Å². The molecule has 4 rings (SSSR count). The maximum absolute atomic E-state index is 5.43. The monoisotopic (exact) mass is 323 g/mol. The number of pyridine rings is 1. The van der Waals surface area contributed by atoms with Gasteiger partial charge in [0.2, 0.25) is 5.82 Å². The van der Waals surface area contributed by atoms with Crippen LogP contribution in [0.4, 0.5) is 5.82 Å². The fourth-order valence-electron chi connectivity index (χ4n) is 3.10. The first-order valence-corrected chi connectivity index (χ1v) is 8.40. The van der Waals surface area contributed by atoms with Crippen molar-refractivity contribution in [1.29, 1.82) is 0 Å². The van der Waals surface area contributed by atoms with E-state index >= 15 is 0 Å². The number of rotatable bonds is 3. The molecule has 0 spiro atoms. The minimum atomic E-state index is 0.528. The van der Waals surface area contributed by atoms with Crippen LogP contribution in [0.2, 0.25) is 0 Å². The van der Waals surface area contributed by atoms with Crippen LogP contribution in [0, 0.1) is 6.92 Å². The van der Waals surface area contributed by atoms with Crippen LogP contribution >= 0.6 is 0 Å². The first-order valence-electron chi connectivity index (χ1n) is 8.40. The summed E-state index contributed by atoms with van der Waals surface area (Å²) in [6.45, 7) is 4.22. The first kappa shape index (κ1) is 14.9. The van der Waals surface area contributed by atoms with E-state index < -0.39 is 0 Å². The van der Waals surface area contributed by atoms with E-state index in [1.807, 2.05) is 49.0 Å². The van der Waals surface area contributed by atoms with Crippen molar-refractivity contribution in [3.63, 3.8) is 0 Å². The predicted octanol–water partition coefficient (Wildman–Crippen LogP) is 3.44. The molecule has 6 nitrogen and oxygen atoms in total. The van der Waals surface area contributed by atoms with Gasteiger partial charge in [-0.2, -0.15) is 4.98 Å². The van der Waals surface area contributed by atoms with Crippen molar-refractivity contribution in [3.05, 3.63) is 36.2 Å². The van der Waals surface area contributed by atoms with Gasteiger partial charge in [0.15, 0.2) is 0 Å². The van der Waals surface area contributed by atoms with E-state index in [-0.39, 0.29) is 0 Å². The minimum absolute atomic E-state index is 0.528. The van der Waals surface area contributed by atoms with E-state index in [2.05, 4.69) is 20.0 Å². The lowest BCUT2D eigenvalue weighted by Crippen LogP contribution is -2.29. The third-order valence-electron chi connectivity index (χ3n) is 4.70. The van der Waals surface area contributed by atoms with E-state index in [1.54, 1.807) is 0 Å². The highest BCUT2D eigenvalue weighted by atomic mass is 16.5. The lowest BCUT2D eigenvalue weighted by molar-refractivity contribution is 0.429. The maximum Gasteiger partial charge on any atom is 0.274 e. The van der Waals surface area contributed by atoms with Crippen LogP contribution in [0.5, 0.6) is 0 Å². The van der Waals surface area contributed by atoms with Gasteiger partial charge < -0.3 is 14.0 Å². The summed E-state index contributed by atoms with van der Waals surface area (Å²) in [5.74, 6) is 2.13. The number of nitrogens with zero attached hydrogens (tertiary/aromatic N) is 5. The number of hydrogen-bond donors (Lipinski definition) is 0. The van der Waals surface area contributed by atoms with Crippen molar-refractivity contribution in [3.8, 4) is 23.0 Å². The standard InChI is InChI=1S/C18H21N5O/c1-13-6-8-15(22(13)2)18-20-17(21-24-18)14-7-9-16(19-12-14)23-10-4-3-5-11-23/h6-9,12H,3-5,10-11H2,1-2H3. The third kappa shape index (κ3) is 2.68. The summed E-state index contributed by atoms with van der Waals surface area (Å²) in [6.07, 6.45) is 5.63. The Bertz CT molecular complexity index is 827. The summed E-state index contributed by atoms with van der Waals surface area (Å²) in [4.78, 5) is 11.4. The minimum Gasteiger partial charge on any atom is -0.357 e. The molecule has 0 atom stereocenters. The number of anilines is 1. The lowest BCUT2D eigenvalue weighted by Gasteiger charge is -2.27. The van der Waals surface area contributed by atoms with Gasteiger partial charge in [-0.25, -0.2) is 4.98 Å². The molecule has 0 saturated carbocycles. The molecule has 3 aromatic heterocycles. The molecule has 6 heteroatoms. The molecule has 1 aliphatic rings. The van der Waals surface area contributed by atoms with Crippen LogP contribution in [0.3, 0.4) is 0 Å². The van der Waals surface area contributed by atoms with Gasteiger partial charge in [0.1, 0.15) is 11.5 Å². The molecular weight excluding hydrogens is 302 g/mol. The van der Waals surface area contributed by atoms with Crippen LogP contribution in [-0.2, 0) is 7.05 Å². The van der Waals surface area contributed by atoms with Gasteiger partial charge in [0, 0.05) is 37.6 Å². The zero-order valence-corrected chi connectivity index (χ0v) is 14.1. The summed E-state index contributed by atoms with van der Waals surface area (Å²) in [6, 6.07) is 8.09. The number of aryl methyl sites for hydroxylation is 1. The Kier molecular flexibility index (Phi) is 3.80. The quantitative estimate of drug-likeness (QED) is 0.739. The maximum atomic E-state index is 5.43. The van der Waals surface area contributed by atoms with Crippen LogP contribution in [-0.4, -0.2) is 32.8 Å². The molecule has 0 unspecified atom stereocenters. The summed E-state index contributed by atoms with van der Waals surface area (Å²) in [5.41, 5.74) is 2.94. The van der Waals surface area contributed by atoms with Gasteiger partial charge in [-0.05, 0) is 50.5 Å². The van der Waals surface area contributed by atoms with Crippen molar-refractivity contribution < 1.29 is 4.52 Å². The molecule has 0 aliphatic carbocycles. The van der Waals surface area contributed by atoms with Gasteiger partial charge in [-0.3, -0.25) is 0 Å². The molecule has 0 bridgehead atoms. The fraction of sp³-hybridized carbons (Fsp3) is 0.389. The molecule has 124 valence electrons. The Labute approximate surface area is 141 Å². The van der Waals surface area contributed by atoms with Gasteiger partial charge in [-0.1, -0.05) is 5.16 Å². The van der Waals surface area contributed by atoms with E-state index in [9.17, 15) is 0 Å². The smallest absolute Gasteiger partial charge is 0.274 e. The SMILES string of the molecule is Cc1ccc(-c2nc(-c3ccc(N4CCCCC4)nc3)no2)n1C. The van der Waals surface area contributed by atoms with Crippen molar-refractivity contribution in [1.82, 2.24) is 19.7 Å². The topological polar surface area (TPSA) is 60.0 Å². The lowest BCUT2D eigenvalue weighted by atomic mass is 10.1. The first-order chi connectivity index (χ1) is 11.7. The number of piperidine rings is 1. The Morgan fingerprint density at radius 3 is 2.54 bits per heavy atom. The zero-order chi connectivity index (χ0) is 16.5. The number of hydrogen-bond acceptors (Lipinski definition) is 5. The van der Waals surface area contributed by atoms with E-state index in [0.717, 1.165) is 35.9 Å². The van der Waals surface area contributed by atoms with E-state index in [0.29, 0.717) is 11.7 Å². The summed E-state index contributed by atoms with van der Waals surface area (Å²) in [7, 11) is 1.99. The number of aromatic nitrogens is 4. The van der Waals surface area contributed by atoms with Gasteiger partial charge in [0.05, 0.1) is 0 Å². The molecule has 3 aromatic rings. The van der Waals surface area contributed by atoms with Gasteiger partial charge >= 0.3 is 0 Å². The van der Waals surface area contributed by atoms with Crippen LogP contribution < -0.4 is 4.90 Å². The third-order valence-corrected chi connectivity index (χ3v) is 4.70. The van der Waals surface area contributed by atoms with Crippen molar-refractivity contribution in [2.24, 2.45) is 7.05 Å². The Morgan fingerprint density at radius 1 is 1.04 bits per heavy atom. The second-order valence-electron chi connectivity index (χ2n) is 6.29. The Morgan fingerprint density at radius 2 is 1.88 bits per heavy atom. The molecule has 0 aromatic carbocycles. The molecule has 0 radical (unpaired) electrons. The average molecular weight is 323 g/mol. The molecule has 0 N–H and O–H groups in total. The van der Waals surface area contributed by atoms with E-state index in [4.69, 9.17) is 4.52 Å². The summed E-state index contributed by atoms with van der Waals surface area (Å²) in [5, 5.41) is 4.10. The van der Waals surface area contributed by atoms with Crippen molar-refractivity contribution in [2.75, 3.05) is 18.0 Å². The highest BCUT2D eigenvalue weighted by Crippen LogP contribution is 2.24. The summed E-state index contributed by atoms with van der Waals surface area (Å²) >= 11 is 0. The Balaban J connectivity index is 1.57. The molecule has 1 aliphatic heterocycles. The summed E-state index contributed by atoms with van der Waals surface area (Å²) < 4.78 is 7.46. The molecule has 4 heterocycles. The molecule has 1 fully saturated rings. The molecule has 0 amide bonds. The largest absolute Gasteiger partial charge is 0.357 e. The average Bonchev–Trinajstić information content (AvgIpc) is 3.24. The highest BCUT2D eigenvalue weighted by Gasteiger charge is 2.16. The van der Waals surface area contributed by atoms with Crippen LogP contribution in [0.15, 0.2) is 35.0 Å². The molecule has 24 heavy (non-hydrogen) atoms. The highest BCUT2D eigenvalue weighted by molar-refractivity contribution is 5.59. The van der Waals surface area contributed by atoms with Gasteiger partial charge in [0.25, 0.3) is 5.89 Å². The molecule has 1 saturated heterocycles. The predicted molar refractivity (Wildman–Crippen MR) is 92.7 cm³/mol. The second-order valence-corrected chi connectivity index (χ2v) is 6.29. The van der Waals surface area contributed by atoms with Gasteiger partial charge in [-0.15, -0.1) is 0 Å². The van der Waals surface area contributed by atoms with Crippen molar-refractivity contribution >= 4 is 5.82 Å². The van der Waals surface area contributed by atoms with Crippen LogP contribution in [0.25, 0.3) is 23.0 Å². The fourth-order valence-corrected chi connectivity index (χ4v) is 3.10. The van der Waals surface area contributed by atoms with Crippen molar-refractivity contribution in [2.45, 2.75) is 26.2 Å².